The summed E-state index contributed by atoms with van der Waals surface area (Å²) in [6.07, 6.45) is 1.12. The smallest absolute Gasteiger partial charge is 0.0739 e. The van der Waals surface area contributed by atoms with Crippen molar-refractivity contribution in [2.75, 3.05) is 26.3 Å². The fourth-order valence-corrected chi connectivity index (χ4v) is 2.48. The zero-order valence-corrected chi connectivity index (χ0v) is 11.5. The molecule has 1 saturated heterocycles. The van der Waals surface area contributed by atoms with Crippen LogP contribution in [-0.2, 0) is 18.3 Å². The third-order valence-corrected chi connectivity index (χ3v) is 3.98. The molecule has 0 aliphatic carbocycles. The molecule has 0 unspecified atom stereocenters. The Bertz CT molecular complexity index is 356. The normalized spacial score (nSPS) is 18.7. The second-order valence-electron chi connectivity index (χ2n) is 4.21. The van der Waals surface area contributed by atoms with Crippen LogP contribution in [0.15, 0.2) is 4.47 Å². The minimum absolute atomic E-state index is 0.842. The lowest BCUT2D eigenvalue weighted by Crippen LogP contribution is -2.27. The van der Waals surface area contributed by atoms with Crippen molar-refractivity contribution in [2.24, 2.45) is 7.05 Å². The summed E-state index contributed by atoms with van der Waals surface area (Å²) in [5, 5.41) is 4.41. The average molecular weight is 288 g/mol. The van der Waals surface area contributed by atoms with Gasteiger partial charge in [-0.05, 0) is 29.3 Å². The Kier molecular flexibility index (Phi) is 4.00. The second kappa shape index (κ2) is 5.29. The molecule has 0 bridgehead atoms. The van der Waals surface area contributed by atoms with E-state index in [0.717, 1.165) is 49.4 Å². The van der Waals surface area contributed by atoms with E-state index in [1.54, 1.807) is 0 Å². The van der Waals surface area contributed by atoms with Crippen LogP contribution < -0.4 is 0 Å². The van der Waals surface area contributed by atoms with Crippen LogP contribution in [0.5, 0.6) is 0 Å². The standard InChI is InChI=1S/C11H18BrN3O/c1-9-11(12)10(14(2)13-9)8-15-4-3-6-16-7-5-15/h3-8H2,1-2H3. The number of nitrogens with zero attached hydrogens (tertiary/aromatic N) is 3. The van der Waals surface area contributed by atoms with Crippen LogP contribution in [0.4, 0.5) is 0 Å². The summed E-state index contributed by atoms with van der Waals surface area (Å²) in [5.74, 6) is 0. The van der Waals surface area contributed by atoms with Crippen molar-refractivity contribution in [1.29, 1.82) is 0 Å². The highest BCUT2D eigenvalue weighted by Gasteiger charge is 2.15. The van der Waals surface area contributed by atoms with Crippen LogP contribution >= 0.6 is 15.9 Å². The van der Waals surface area contributed by atoms with Crippen LogP contribution in [0.25, 0.3) is 0 Å². The first-order chi connectivity index (χ1) is 7.68. The van der Waals surface area contributed by atoms with Gasteiger partial charge in [0.2, 0.25) is 0 Å². The Morgan fingerprint density at radius 3 is 2.88 bits per heavy atom. The first kappa shape index (κ1) is 12.1. The molecule has 0 atom stereocenters. The van der Waals surface area contributed by atoms with Crippen LogP contribution in [-0.4, -0.2) is 41.0 Å². The van der Waals surface area contributed by atoms with Gasteiger partial charge >= 0.3 is 0 Å². The van der Waals surface area contributed by atoms with Gasteiger partial charge in [0.25, 0.3) is 0 Å². The third-order valence-electron chi connectivity index (χ3n) is 2.95. The van der Waals surface area contributed by atoms with E-state index < -0.39 is 0 Å². The van der Waals surface area contributed by atoms with E-state index in [1.165, 1.54) is 5.69 Å². The fraction of sp³-hybridized carbons (Fsp3) is 0.727. The molecule has 0 N–H and O–H groups in total. The highest BCUT2D eigenvalue weighted by Crippen LogP contribution is 2.21. The van der Waals surface area contributed by atoms with Gasteiger partial charge in [-0.3, -0.25) is 9.58 Å². The van der Waals surface area contributed by atoms with Crippen molar-refractivity contribution in [3.05, 3.63) is 15.9 Å². The van der Waals surface area contributed by atoms with Crippen molar-refractivity contribution < 1.29 is 4.74 Å². The fourth-order valence-electron chi connectivity index (χ4n) is 2.02. The van der Waals surface area contributed by atoms with E-state index in [0.29, 0.717) is 0 Å². The third kappa shape index (κ3) is 2.64. The van der Waals surface area contributed by atoms with Gasteiger partial charge in [0, 0.05) is 33.3 Å². The Hall–Kier alpha value is -0.390. The molecule has 0 aromatic carbocycles. The highest BCUT2D eigenvalue weighted by atomic mass is 79.9. The number of aryl methyl sites for hydroxylation is 2. The van der Waals surface area contributed by atoms with E-state index in [-0.39, 0.29) is 0 Å². The maximum atomic E-state index is 5.45. The molecule has 1 aliphatic rings. The molecule has 2 rings (SSSR count). The van der Waals surface area contributed by atoms with Gasteiger partial charge in [0.1, 0.15) is 0 Å². The van der Waals surface area contributed by atoms with Crippen LogP contribution in [0.3, 0.4) is 0 Å². The van der Waals surface area contributed by atoms with E-state index in [4.69, 9.17) is 4.74 Å². The Morgan fingerprint density at radius 1 is 1.38 bits per heavy atom. The van der Waals surface area contributed by atoms with Gasteiger partial charge in [0.15, 0.2) is 0 Å². The number of ether oxygens (including phenoxy) is 1. The molecule has 5 heteroatoms. The summed E-state index contributed by atoms with van der Waals surface area (Å²) in [4.78, 5) is 2.42. The molecule has 90 valence electrons. The molecule has 0 spiro atoms. The minimum atomic E-state index is 0.842. The number of rotatable bonds is 2. The van der Waals surface area contributed by atoms with E-state index in [2.05, 4.69) is 25.9 Å². The molecule has 0 amide bonds. The number of hydrogen-bond donors (Lipinski definition) is 0. The zero-order valence-electron chi connectivity index (χ0n) is 9.87. The Labute approximate surface area is 105 Å². The SMILES string of the molecule is Cc1nn(C)c(CN2CCCOCC2)c1Br. The van der Waals surface area contributed by atoms with Crippen LogP contribution in [0.1, 0.15) is 17.8 Å². The van der Waals surface area contributed by atoms with Crippen molar-refractivity contribution in [3.63, 3.8) is 0 Å². The number of hydrogen-bond acceptors (Lipinski definition) is 3. The molecular weight excluding hydrogens is 270 g/mol. The zero-order chi connectivity index (χ0) is 11.5. The van der Waals surface area contributed by atoms with Crippen LogP contribution in [0, 0.1) is 6.92 Å². The molecule has 2 heterocycles. The summed E-state index contributed by atoms with van der Waals surface area (Å²) in [6, 6.07) is 0. The predicted octanol–water partition coefficient (Wildman–Crippen LogP) is 1.71. The molecule has 1 aromatic heterocycles. The van der Waals surface area contributed by atoms with Crippen molar-refractivity contribution in [2.45, 2.75) is 19.9 Å². The summed E-state index contributed by atoms with van der Waals surface area (Å²) in [6.45, 7) is 6.82. The summed E-state index contributed by atoms with van der Waals surface area (Å²) < 4.78 is 8.55. The van der Waals surface area contributed by atoms with Gasteiger partial charge in [-0.1, -0.05) is 0 Å². The molecule has 0 radical (unpaired) electrons. The largest absolute Gasteiger partial charge is 0.380 e. The minimum Gasteiger partial charge on any atom is -0.380 e. The molecule has 1 fully saturated rings. The highest BCUT2D eigenvalue weighted by molar-refractivity contribution is 9.10. The maximum absolute atomic E-state index is 5.45. The Morgan fingerprint density at radius 2 is 2.19 bits per heavy atom. The van der Waals surface area contributed by atoms with E-state index in [9.17, 15) is 0 Å². The first-order valence-corrected chi connectivity index (χ1v) is 6.46. The monoisotopic (exact) mass is 287 g/mol. The lowest BCUT2D eigenvalue weighted by molar-refractivity contribution is 0.140. The molecular formula is C11H18BrN3O. The lowest BCUT2D eigenvalue weighted by atomic mass is 10.3. The van der Waals surface area contributed by atoms with E-state index >= 15 is 0 Å². The molecule has 1 aliphatic heterocycles. The van der Waals surface area contributed by atoms with Crippen LogP contribution in [0.2, 0.25) is 0 Å². The Balaban J connectivity index is 2.07. The summed E-state index contributed by atoms with van der Waals surface area (Å²) >= 11 is 3.61. The lowest BCUT2D eigenvalue weighted by Gasteiger charge is -2.19. The summed E-state index contributed by atoms with van der Waals surface area (Å²) in [5.41, 5.74) is 2.31. The molecule has 0 saturated carbocycles. The molecule has 1 aromatic rings. The molecule has 16 heavy (non-hydrogen) atoms. The maximum Gasteiger partial charge on any atom is 0.0739 e. The van der Waals surface area contributed by atoms with Gasteiger partial charge < -0.3 is 4.74 Å². The first-order valence-electron chi connectivity index (χ1n) is 5.66. The van der Waals surface area contributed by atoms with Gasteiger partial charge in [-0.15, -0.1) is 0 Å². The van der Waals surface area contributed by atoms with Gasteiger partial charge in [-0.2, -0.15) is 5.10 Å². The second-order valence-corrected chi connectivity index (χ2v) is 5.00. The van der Waals surface area contributed by atoms with Crippen molar-refractivity contribution >= 4 is 15.9 Å². The predicted molar refractivity (Wildman–Crippen MR) is 66.4 cm³/mol. The van der Waals surface area contributed by atoms with E-state index in [1.807, 2.05) is 18.7 Å². The topological polar surface area (TPSA) is 30.3 Å². The van der Waals surface area contributed by atoms with Crippen molar-refractivity contribution in [1.82, 2.24) is 14.7 Å². The summed E-state index contributed by atoms with van der Waals surface area (Å²) in [7, 11) is 2.00. The number of aromatic nitrogens is 2. The van der Waals surface area contributed by atoms with Gasteiger partial charge in [0.05, 0.1) is 22.5 Å². The van der Waals surface area contributed by atoms with Crippen molar-refractivity contribution in [3.8, 4) is 0 Å². The number of halogens is 1. The molecule has 4 nitrogen and oxygen atoms in total. The average Bonchev–Trinajstić information content (AvgIpc) is 2.51. The van der Waals surface area contributed by atoms with Gasteiger partial charge in [-0.25, -0.2) is 0 Å². The quantitative estimate of drug-likeness (QED) is 0.830.